The third kappa shape index (κ3) is 5.35. The van der Waals surface area contributed by atoms with Crippen LogP contribution in [0.3, 0.4) is 0 Å². The maximum absolute atomic E-state index is 13.0. The molecule has 1 N–H and O–H groups in total. The summed E-state index contributed by atoms with van der Waals surface area (Å²) in [6, 6.07) is 6.45. The van der Waals surface area contributed by atoms with Crippen molar-refractivity contribution < 1.29 is 14.3 Å². The van der Waals surface area contributed by atoms with Gasteiger partial charge in [-0.2, -0.15) is 0 Å². The molecule has 2 heterocycles. The number of nitrogens with one attached hydrogen (secondary N) is 1. The van der Waals surface area contributed by atoms with E-state index in [4.69, 9.17) is 4.74 Å². The number of ether oxygens (including phenoxy) is 1. The molecule has 2 aliphatic carbocycles. The minimum Gasteiger partial charge on any atom is -0.375 e. The molecule has 0 bridgehead atoms. The quantitative estimate of drug-likeness (QED) is 0.447. The van der Waals surface area contributed by atoms with Gasteiger partial charge in [-0.1, -0.05) is 19.4 Å². The number of aromatic nitrogens is 1. The summed E-state index contributed by atoms with van der Waals surface area (Å²) >= 11 is 1.52. The van der Waals surface area contributed by atoms with Crippen molar-refractivity contribution in [2.45, 2.75) is 83.7 Å². The minimum atomic E-state index is -0.0931. The van der Waals surface area contributed by atoms with Gasteiger partial charge in [-0.15, -0.1) is 11.3 Å². The van der Waals surface area contributed by atoms with Crippen LogP contribution in [0.25, 0.3) is 0 Å². The molecule has 0 unspecified atom stereocenters. The van der Waals surface area contributed by atoms with Gasteiger partial charge in [-0.3, -0.25) is 9.59 Å². The largest absolute Gasteiger partial charge is 0.375 e. The number of carbonyl (C=O) groups excluding carboxylic acids is 2. The lowest BCUT2D eigenvalue weighted by atomic mass is 9.56. The highest BCUT2D eigenvalue weighted by Crippen LogP contribution is 2.58. The minimum absolute atomic E-state index is 0.0467. The summed E-state index contributed by atoms with van der Waals surface area (Å²) in [4.78, 5) is 32.8. The predicted octanol–water partition coefficient (Wildman–Crippen LogP) is 6.20. The van der Waals surface area contributed by atoms with E-state index in [1.54, 1.807) is 6.20 Å². The van der Waals surface area contributed by atoms with Crippen molar-refractivity contribution in [3.63, 3.8) is 0 Å². The molecule has 2 amide bonds. The van der Waals surface area contributed by atoms with Crippen LogP contribution in [0.4, 0.5) is 5.13 Å². The van der Waals surface area contributed by atoms with Gasteiger partial charge in [0, 0.05) is 36.7 Å². The maximum atomic E-state index is 13.0. The molecule has 6 nitrogen and oxygen atoms in total. The first-order valence-corrected chi connectivity index (χ1v) is 14.8. The van der Waals surface area contributed by atoms with Crippen LogP contribution in [0.5, 0.6) is 0 Å². The molecule has 1 aromatic carbocycles. The molecule has 0 spiro atoms. The number of aryl methyl sites for hydroxylation is 2. The van der Waals surface area contributed by atoms with E-state index in [0.29, 0.717) is 35.2 Å². The Bertz CT molecular complexity index is 1150. The first-order valence-electron chi connectivity index (χ1n) is 14.0. The second-order valence-corrected chi connectivity index (χ2v) is 12.8. The van der Waals surface area contributed by atoms with Crippen LogP contribution >= 0.6 is 11.3 Å². The topological polar surface area (TPSA) is 71.5 Å². The number of amides is 2. The number of fused-ring (bicyclic) bond motifs is 5. The van der Waals surface area contributed by atoms with Crippen LogP contribution in [0.1, 0.15) is 91.1 Å². The van der Waals surface area contributed by atoms with Crippen LogP contribution in [0, 0.1) is 24.7 Å². The maximum Gasteiger partial charge on any atom is 0.253 e. The van der Waals surface area contributed by atoms with Gasteiger partial charge in [0.2, 0.25) is 5.91 Å². The number of rotatable bonds is 8. The van der Waals surface area contributed by atoms with Gasteiger partial charge >= 0.3 is 0 Å². The van der Waals surface area contributed by atoms with E-state index in [9.17, 15) is 9.59 Å². The fraction of sp³-hybridized carbons (Fsp3) is 0.633. The number of thiazole rings is 1. The Morgan fingerprint density at radius 1 is 1.30 bits per heavy atom. The highest BCUT2D eigenvalue weighted by Gasteiger charge is 2.55. The standard InChI is InChI=1S/C30H41N3O3S/c1-5-6-15-33(4)28(35)21-8-10-23-20(16-21)7-11-25-24(23)13-14-30(3)27(25)22(18-36-30)9-12-26(34)32-29-31-17-19(2)37-29/h8,10,16-17,22,24-25,27H,5-7,9,11-15,18H2,1-4H3,(H,31,32,34)/t22-,24-,25-,27+,30+/m1/s1. The molecular formula is C30H41N3O3S. The van der Waals surface area contributed by atoms with Gasteiger partial charge in [-0.05, 0) is 99.3 Å². The van der Waals surface area contributed by atoms with E-state index in [2.05, 4.69) is 36.3 Å². The van der Waals surface area contributed by atoms with Crippen LogP contribution in [-0.2, 0) is 16.0 Å². The van der Waals surface area contributed by atoms with E-state index in [1.165, 1.54) is 22.5 Å². The van der Waals surface area contributed by atoms with Crippen molar-refractivity contribution in [2.24, 2.45) is 17.8 Å². The lowest BCUT2D eigenvalue weighted by Gasteiger charge is -2.49. The summed E-state index contributed by atoms with van der Waals surface area (Å²) in [6.45, 7) is 8.01. The summed E-state index contributed by atoms with van der Waals surface area (Å²) in [6.07, 6.45) is 9.60. The first kappa shape index (κ1) is 26.4. The third-order valence-electron chi connectivity index (χ3n) is 9.11. The Kier molecular flexibility index (Phi) is 7.73. The first-order chi connectivity index (χ1) is 17.8. The summed E-state index contributed by atoms with van der Waals surface area (Å²) in [5.74, 6) is 2.12. The number of hydrogen-bond acceptors (Lipinski definition) is 5. The Labute approximate surface area is 225 Å². The van der Waals surface area contributed by atoms with E-state index in [-0.39, 0.29) is 17.4 Å². The fourth-order valence-electron chi connectivity index (χ4n) is 7.24. The summed E-state index contributed by atoms with van der Waals surface area (Å²) in [7, 11) is 1.91. The number of carbonyl (C=O) groups is 2. The van der Waals surface area contributed by atoms with Crippen LogP contribution in [-0.4, -0.2) is 47.5 Å². The van der Waals surface area contributed by atoms with E-state index in [1.807, 2.05) is 24.9 Å². The van der Waals surface area contributed by atoms with Crippen LogP contribution in [0.15, 0.2) is 24.4 Å². The summed E-state index contributed by atoms with van der Waals surface area (Å²) in [5.41, 5.74) is 3.52. The molecule has 1 saturated heterocycles. The number of anilines is 1. The van der Waals surface area contributed by atoms with Gasteiger partial charge < -0.3 is 15.0 Å². The van der Waals surface area contributed by atoms with Gasteiger partial charge in [-0.25, -0.2) is 4.98 Å². The molecular weight excluding hydrogens is 482 g/mol. The summed E-state index contributed by atoms with van der Waals surface area (Å²) in [5, 5.41) is 3.65. The Morgan fingerprint density at radius 2 is 2.14 bits per heavy atom. The number of benzene rings is 1. The molecule has 0 radical (unpaired) electrons. The molecule has 3 aliphatic rings. The van der Waals surface area contributed by atoms with Crippen molar-refractivity contribution in [1.82, 2.24) is 9.88 Å². The molecule has 1 aromatic heterocycles. The van der Waals surface area contributed by atoms with Crippen molar-refractivity contribution in [1.29, 1.82) is 0 Å². The normalized spacial score (nSPS) is 28.2. The zero-order valence-electron chi connectivity index (χ0n) is 22.7. The Hall–Kier alpha value is -2.25. The molecule has 200 valence electrons. The highest BCUT2D eigenvalue weighted by molar-refractivity contribution is 7.15. The van der Waals surface area contributed by atoms with Gasteiger partial charge in [0.1, 0.15) is 0 Å². The second kappa shape index (κ2) is 10.9. The smallest absolute Gasteiger partial charge is 0.253 e. The lowest BCUT2D eigenvalue weighted by molar-refractivity contribution is -0.116. The number of hydrogen-bond donors (Lipinski definition) is 1. The monoisotopic (exact) mass is 523 g/mol. The SMILES string of the molecule is CCCCN(C)C(=O)c1ccc2c(c1)CC[C@H]1[C@@H]3[C@H](CCC(=O)Nc4ncc(C)s4)CO[C@@]3(C)CC[C@H]21. The predicted molar refractivity (Wildman–Crippen MR) is 148 cm³/mol. The molecule has 5 atom stereocenters. The molecule has 1 aliphatic heterocycles. The zero-order valence-corrected chi connectivity index (χ0v) is 23.5. The highest BCUT2D eigenvalue weighted by atomic mass is 32.1. The zero-order chi connectivity index (χ0) is 26.2. The van der Waals surface area contributed by atoms with Crippen molar-refractivity contribution in [3.8, 4) is 0 Å². The van der Waals surface area contributed by atoms with Crippen molar-refractivity contribution in [3.05, 3.63) is 46.0 Å². The van der Waals surface area contributed by atoms with E-state index in [0.717, 1.165) is 68.5 Å². The van der Waals surface area contributed by atoms with Crippen LogP contribution < -0.4 is 5.32 Å². The fourth-order valence-corrected chi connectivity index (χ4v) is 7.92. The Morgan fingerprint density at radius 3 is 2.89 bits per heavy atom. The van der Waals surface area contributed by atoms with Gasteiger partial charge in [0.25, 0.3) is 5.91 Å². The molecule has 1 saturated carbocycles. The van der Waals surface area contributed by atoms with E-state index < -0.39 is 0 Å². The van der Waals surface area contributed by atoms with Gasteiger partial charge in [0.15, 0.2) is 5.13 Å². The van der Waals surface area contributed by atoms with Crippen molar-refractivity contribution in [2.75, 3.05) is 25.5 Å². The molecule has 7 heteroatoms. The molecule has 37 heavy (non-hydrogen) atoms. The molecule has 2 fully saturated rings. The Balaban J connectivity index is 1.27. The molecule has 2 aromatic rings. The molecule has 5 rings (SSSR count). The second-order valence-electron chi connectivity index (χ2n) is 11.6. The number of nitrogens with zero attached hydrogens (tertiary/aromatic N) is 2. The third-order valence-corrected chi connectivity index (χ3v) is 9.94. The van der Waals surface area contributed by atoms with Crippen molar-refractivity contribution >= 4 is 28.3 Å². The number of unbranched alkanes of at least 4 members (excludes halogenated alkanes) is 1. The summed E-state index contributed by atoms with van der Waals surface area (Å²) < 4.78 is 6.46. The van der Waals surface area contributed by atoms with Crippen LogP contribution in [0.2, 0.25) is 0 Å². The average molecular weight is 524 g/mol. The lowest BCUT2D eigenvalue weighted by Crippen LogP contribution is -2.46. The van der Waals surface area contributed by atoms with Gasteiger partial charge in [0.05, 0.1) is 12.2 Å². The van der Waals surface area contributed by atoms with E-state index >= 15 is 0 Å². The average Bonchev–Trinajstić information content (AvgIpc) is 3.46.